The SMILES string of the molecule is Cc1cc(C)c(N2[CH-]N(c3c(C)cc(C)cc3C)CC2)c(C)c1.[Cl][Ru]([Cl])(=[CH]c1ccccc1)=[P](C1CCCCC1)(C1CCCCC1)C1CCCCC1. The van der Waals surface area contributed by atoms with Crippen LogP contribution in [0.3, 0.4) is 0 Å². The summed E-state index contributed by atoms with van der Waals surface area (Å²) in [4.78, 5) is 4.81. The van der Waals surface area contributed by atoms with Crippen molar-refractivity contribution in [2.24, 2.45) is 0 Å². The number of halogens is 2. The molecule has 0 amide bonds. The van der Waals surface area contributed by atoms with Crippen LogP contribution in [0.15, 0.2) is 54.6 Å². The third-order valence-corrected chi connectivity index (χ3v) is 39.2. The fourth-order valence-corrected chi connectivity index (χ4v) is 43.0. The van der Waals surface area contributed by atoms with Crippen LogP contribution in [0, 0.1) is 48.2 Å². The molecule has 0 N–H and O–H groups in total. The molecule has 0 radical (unpaired) electrons. The molecule has 288 valence electrons. The second-order valence-corrected chi connectivity index (χ2v) is 37.7. The maximum atomic E-state index is 7.82. The molecule has 3 aromatic rings. The van der Waals surface area contributed by atoms with Crippen LogP contribution in [0.25, 0.3) is 0 Å². The summed E-state index contributed by atoms with van der Waals surface area (Å²) in [6.45, 7) is 17.6. The Morgan fingerprint density at radius 2 is 0.904 bits per heavy atom. The first-order valence-corrected chi connectivity index (χ1v) is 30.1. The number of nitrogens with zero attached hydrogens (tertiary/aromatic N) is 2. The molecule has 6 heteroatoms. The molecule has 1 aliphatic heterocycles. The fourth-order valence-electron chi connectivity index (χ4n) is 10.7. The van der Waals surface area contributed by atoms with Crippen LogP contribution in [0.5, 0.6) is 0 Å². The number of aryl methyl sites for hydroxylation is 6. The van der Waals surface area contributed by atoms with Crippen molar-refractivity contribution in [1.29, 1.82) is 0 Å². The van der Waals surface area contributed by atoms with E-state index in [1.54, 1.807) is 0 Å². The van der Waals surface area contributed by atoms with Gasteiger partial charge >= 0.3 is 190 Å². The Balaban J connectivity index is 0.000000183. The van der Waals surface area contributed by atoms with Gasteiger partial charge < -0.3 is 9.80 Å². The van der Waals surface area contributed by atoms with E-state index in [1.807, 2.05) is 0 Å². The molecule has 7 rings (SSSR count). The molecular weight excluding hydrogens is 783 g/mol. The van der Waals surface area contributed by atoms with Crippen LogP contribution in [-0.2, 0) is 11.4 Å². The molecule has 3 aromatic carbocycles. The van der Waals surface area contributed by atoms with E-state index in [4.69, 9.17) is 19.4 Å². The number of hydrogen-bond donors (Lipinski definition) is 0. The molecule has 4 fully saturated rings. The Morgan fingerprint density at radius 1 is 0.558 bits per heavy atom. The molecule has 1 heterocycles. The Bertz CT molecular complexity index is 1640. The van der Waals surface area contributed by atoms with Gasteiger partial charge in [-0.3, -0.25) is 0 Å². The predicted molar refractivity (Wildman–Crippen MR) is 231 cm³/mol. The van der Waals surface area contributed by atoms with E-state index < -0.39 is 16.5 Å². The van der Waals surface area contributed by atoms with E-state index in [9.17, 15) is 0 Å². The molecule has 3 aliphatic carbocycles. The fraction of sp³-hybridized carbons (Fsp3) is 0.565. The van der Waals surface area contributed by atoms with E-state index in [1.165, 1.54) is 147 Å². The van der Waals surface area contributed by atoms with Crippen molar-refractivity contribution in [3.05, 3.63) is 100 Å². The molecule has 4 aliphatic rings. The van der Waals surface area contributed by atoms with Crippen molar-refractivity contribution in [1.82, 2.24) is 0 Å². The number of rotatable bonds is 6. The summed E-state index contributed by atoms with van der Waals surface area (Å²) in [5.74, 6) is 0. The van der Waals surface area contributed by atoms with E-state index >= 15 is 0 Å². The first-order valence-electron chi connectivity index (χ1n) is 20.5. The summed E-state index contributed by atoms with van der Waals surface area (Å²) in [5.41, 5.74) is 14.7. The zero-order valence-corrected chi connectivity index (χ0v) is 37.2. The monoisotopic (exact) mass is 849 g/mol. The maximum absolute atomic E-state index is 7.82. The average molecular weight is 850 g/mol. The average Bonchev–Trinajstić information content (AvgIpc) is 3.58. The zero-order valence-electron chi connectivity index (χ0n) is 33.1. The molecule has 1 saturated heterocycles. The van der Waals surface area contributed by atoms with Crippen LogP contribution in [0.2, 0.25) is 0 Å². The van der Waals surface area contributed by atoms with Gasteiger partial charge in [-0.2, -0.15) is 6.67 Å². The second-order valence-electron chi connectivity index (χ2n) is 16.5. The summed E-state index contributed by atoms with van der Waals surface area (Å²) in [6.07, 6.45) is 21.3. The van der Waals surface area contributed by atoms with Gasteiger partial charge in [0, 0.05) is 24.5 Å². The van der Waals surface area contributed by atoms with E-state index in [-0.39, 0.29) is 0 Å². The number of hydrogen-bond acceptors (Lipinski definition) is 2. The molecule has 0 atom stereocenters. The zero-order chi connectivity index (χ0) is 36.9. The standard InChI is InChI=1S/C21H27N2.C18H33P.C7H6.2ClH.Ru/c1-14-9-16(3)20(17(4)10-14)22-7-8-23(13-22)21-18(5)11-15(2)12-19(21)6;1-4-10-16(11-5-1)19(17-12-6-2-7-13-17)18-14-8-3-9-15-18;1-7-5-3-2-4-6-7;;;/h9-13H,7-8H2,1-6H3;16-18H,1-15H2;1-6H;2*1H;/q-1;;;;;+2/p-2. The van der Waals surface area contributed by atoms with Crippen molar-refractivity contribution in [2.45, 2.75) is 155 Å². The van der Waals surface area contributed by atoms with Crippen molar-refractivity contribution >= 4 is 40.5 Å². The Labute approximate surface area is 327 Å². The van der Waals surface area contributed by atoms with Gasteiger partial charge in [-0.1, -0.05) is 35.4 Å². The van der Waals surface area contributed by atoms with Gasteiger partial charge in [-0.05, 0) is 63.8 Å². The molecule has 3 saturated carbocycles. The quantitative estimate of drug-likeness (QED) is 0.139. The van der Waals surface area contributed by atoms with E-state index in [0.29, 0.717) is 0 Å². The van der Waals surface area contributed by atoms with Crippen molar-refractivity contribution in [2.75, 3.05) is 22.9 Å². The first-order chi connectivity index (χ1) is 25.0. The molecule has 0 aromatic heterocycles. The molecule has 0 bridgehead atoms. The Kier molecular flexibility index (Phi) is 14.1. The third-order valence-electron chi connectivity index (χ3n) is 12.5. The van der Waals surface area contributed by atoms with Crippen LogP contribution >= 0.6 is 24.5 Å². The van der Waals surface area contributed by atoms with Crippen molar-refractivity contribution < 1.29 is 11.4 Å². The number of anilines is 2. The molecular formula is C46H66Cl2N2PRu-. The van der Waals surface area contributed by atoms with Gasteiger partial charge in [0.2, 0.25) is 0 Å². The van der Waals surface area contributed by atoms with Crippen LogP contribution < -0.4 is 9.80 Å². The second kappa shape index (κ2) is 18.1. The summed E-state index contributed by atoms with van der Waals surface area (Å²) >= 11 is -2.98. The van der Waals surface area contributed by atoms with E-state index in [2.05, 4.69) is 117 Å². The topological polar surface area (TPSA) is 6.48 Å². The van der Waals surface area contributed by atoms with Crippen molar-refractivity contribution in [3.63, 3.8) is 0 Å². The van der Waals surface area contributed by atoms with Gasteiger partial charge in [0.1, 0.15) is 0 Å². The van der Waals surface area contributed by atoms with Crippen LogP contribution in [-0.4, -0.2) is 34.7 Å². The minimum absolute atomic E-state index is 0.865. The summed E-state index contributed by atoms with van der Waals surface area (Å²) in [5, 5.41) is -1.45. The normalized spacial score (nSPS) is 20.1. The first kappa shape index (κ1) is 40.4. The third kappa shape index (κ3) is 8.91. The minimum atomic E-state index is -2.98. The Hall–Kier alpha value is -1.24. The van der Waals surface area contributed by atoms with Crippen molar-refractivity contribution in [3.8, 4) is 0 Å². The Morgan fingerprint density at radius 3 is 1.25 bits per heavy atom. The number of benzene rings is 3. The predicted octanol–water partition coefficient (Wildman–Crippen LogP) is 14.2. The summed E-state index contributed by atoms with van der Waals surface area (Å²) in [6, 6.07) is 20.0. The van der Waals surface area contributed by atoms with Gasteiger partial charge in [-0.15, -0.1) is 0 Å². The molecule has 52 heavy (non-hydrogen) atoms. The van der Waals surface area contributed by atoms with Gasteiger partial charge in [-0.25, -0.2) is 0 Å². The molecule has 0 spiro atoms. The summed E-state index contributed by atoms with van der Waals surface area (Å²) < 4.78 is 2.46. The molecule has 2 nitrogen and oxygen atoms in total. The molecule has 0 unspecified atom stereocenters. The van der Waals surface area contributed by atoms with Crippen LogP contribution in [0.1, 0.15) is 135 Å². The van der Waals surface area contributed by atoms with Crippen LogP contribution in [0.4, 0.5) is 11.4 Å². The van der Waals surface area contributed by atoms with Gasteiger partial charge in [0.25, 0.3) is 0 Å². The van der Waals surface area contributed by atoms with Gasteiger partial charge in [0.15, 0.2) is 0 Å². The van der Waals surface area contributed by atoms with Gasteiger partial charge in [0.05, 0.1) is 0 Å². The van der Waals surface area contributed by atoms with E-state index in [0.717, 1.165) is 30.1 Å². The summed E-state index contributed by atoms with van der Waals surface area (Å²) in [7, 11) is 15.6.